The highest BCUT2D eigenvalue weighted by Gasteiger charge is 2.20. The molecule has 4 heteroatoms. The lowest BCUT2D eigenvalue weighted by atomic mass is 10.1. The van der Waals surface area contributed by atoms with Crippen molar-refractivity contribution in [3.8, 4) is 0 Å². The minimum absolute atomic E-state index is 0.0467. The van der Waals surface area contributed by atoms with Gasteiger partial charge in [-0.05, 0) is 32.9 Å². The number of rotatable bonds is 3. The Morgan fingerprint density at radius 3 is 2.92 bits per heavy atom. The molecule has 0 aliphatic carbocycles. The summed E-state index contributed by atoms with van der Waals surface area (Å²) in [7, 11) is 2.10. The molecule has 0 unspecified atom stereocenters. The van der Waals surface area contributed by atoms with Crippen molar-refractivity contribution in [2.45, 2.75) is 19.4 Å². The Kier molecular flexibility index (Phi) is 3.69. The van der Waals surface area contributed by atoms with Gasteiger partial charge >= 0.3 is 0 Å². The molecular formula is C9H19N3O. The molecule has 13 heavy (non-hydrogen) atoms. The van der Waals surface area contributed by atoms with E-state index in [0.29, 0.717) is 5.92 Å². The summed E-state index contributed by atoms with van der Waals surface area (Å²) in [4.78, 5) is 13.4. The highest BCUT2D eigenvalue weighted by atomic mass is 16.2. The first-order chi connectivity index (χ1) is 6.09. The third kappa shape index (κ3) is 3.32. The van der Waals surface area contributed by atoms with Gasteiger partial charge in [-0.3, -0.25) is 4.79 Å². The van der Waals surface area contributed by atoms with Crippen LogP contribution in [0, 0.1) is 5.92 Å². The molecule has 4 nitrogen and oxygen atoms in total. The molecule has 0 saturated carbocycles. The maximum Gasteiger partial charge on any atom is 0.236 e. The lowest BCUT2D eigenvalue weighted by Gasteiger charge is -2.12. The van der Waals surface area contributed by atoms with E-state index < -0.39 is 0 Å². The number of hydrogen-bond acceptors (Lipinski definition) is 3. The summed E-state index contributed by atoms with van der Waals surface area (Å²) in [5.74, 6) is 0.558. The minimum atomic E-state index is -0.390. The van der Waals surface area contributed by atoms with Crippen molar-refractivity contribution in [3.63, 3.8) is 0 Å². The Balaban J connectivity index is 2.16. The SMILES string of the molecule is C[C@H](N)C(=O)NC[C@@H]1CCN(C)C1. The summed E-state index contributed by atoms with van der Waals surface area (Å²) >= 11 is 0. The second kappa shape index (κ2) is 4.58. The fraction of sp³-hybridized carbons (Fsp3) is 0.889. The Morgan fingerprint density at radius 1 is 1.77 bits per heavy atom. The molecule has 3 N–H and O–H groups in total. The highest BCUT2D eigenvalue weighted by Crippen LogP contribution is 2.12. The number of carbonyl (C=O) groups is 1. The predicted octanol–water partition coefficient (Wildman–Crippen LogP) is -0.598. The van der Waals surface area contributed by atoms with Crippen molar-refractivity contribution in [2.24, 2.45) is 11.7 Å². The van der Waals surface area contributed by atoms with Crippen LogP contribution < -0.4 is 11.1 Å². The first-order valence-electron chi connectivity index (χ1n) is 4.81. The number of hydrogen-bond donors (Lipinski definition) is 2. The third-order valence-electron chi connectivity index (χ3n) is 2.47. The standard InChI is InChI=1S/C9H19N3O/c1-7(10)9(13)11-5-8-3-4-12(2)6-8/h7-8H,3-6,10H2,1-2H3,(H,11,13)/t7-,8-/m0/s1. The molecule has 1 aliphatic heterocycles. The summed E-state index contributed by atoms with van der Waals surface area (Å²) in [5.41, 5.74) is 5.43. The molecule has 0 radical (unpaired) electrons. The van der Waals surface area contributed by atoms with E-state index in [0.717, 1.165) is 19.6 Å². The summed E-state index contributed by atoms with van der Waals surface area (Å²) in [6.45, 7) is 4.69. The topological polar surface area (TPSA) is 58.4 Å². The summed E-state index contributed by atoms with van der Waals surface area (Å²) in [5, 5.41) is 2.85. The van der Waals surface area contributed by atoms with E-state index >= 15 is 0 Å². The lowest BCUT2D eigenvalue weighted by molar-refractivity contribution is -0.122. The highest BCUT2D eigenvalue weighted by molar-refractivity contribution is 5.80. The molecule has 0 spiro atoms. The molecule has 0 aromatic heterocycles. The van der Waals surface area contributed by atoms with Gasteiger partial charge in [-0.1, -0.05) is 0 Å². The summed E-state index contributed by atoms with van der Waals surface area (Å²) in [6.07, 6.45) is 1.18. The van der Waals surface area contributed by atoms with Crippen molar-refractivity contribution in [1.29, 1.82) is 0 Å². The van der Waals surface area contributed by atoms with E-state index in [1.807, 2.05) is 0 Å². The summed E-state index contributed by atoms with van der Waals surface area (Å²) < 4.78 is 0. The van der Waals surface area contributed by atoms with Gasteiger partial charge < -0.3 is 16.0 Å². The maximum atomic E-state index is 11.1. The van der Waals surface area contributed by atoms with Gasteiger partial charge in [0.25, 0.3) is 0 Å². The first-order valence-corrected chi connectivity index (χ1v) is 4.81. The number of amides is 1. The Bertz CT molecular complexity index is 182. The average Bonchev–Trinajstić information content (AvgIpc) is 2.47. The Labute approximate surface area is 79.5 Å². The first kappa shape index (κ1) is 10.5. The second-order valence-electron chi connectivity index (χ2n) is 3.95. The molecule has 1 heterocycles. The number of nitrogens with zero attached hydrogens (tertiary/aromatic N) is 1. The van der Waals surface area contributed by atoms with Crippen LogP contribution in [0.3, 0.4) is 0 Å². The van der Waals surface area contributed by atoms with Crippen LogP contribution in [0.15, 0.2) is 0 Å². The molecule has 1 amide bonds. The van der Waals surface area contributed by atoms with Crippen molar-refractivity contribution in [2.75, 3.05) is 26.7 Å². The van der Waals surface area contributed by atoms with Crippen LogP contribution in [0.25, 0.3) is 0 Å². The van der Waals surface area contributed by atoms with Crippen molar-refractivity contribution >= 4 is 5.91 Å². The van der Waals surface area contributed by atoms with Gasteiger partial charge in [-0.2, -0.15) is 0 Å². The average molecular weight is 185 g/mol. The Hall–Kier alpha value is -0.610. The van der Waals surface area contributed by atoms with Crippen LogP contribution in [0.2, 0.25) is 0 Å². The van der Waals surface area contributed by atoms with E-state index in [1.54, 1.807) is 6.92 Å². The Morgan fingerprint density at radius 2 is 2.46 bits per heavy atom. The van der Waals surface area contributed by atoms with E-state index in [4.69, 9.17) is 5.73 Å². The number of carbonyl (C=O) groups excluding carboxylic acids is 1. The van der Waals surface area contributed by atoms with Gasteiger partial charge in [0.05, 0.1) is 6.04 Å². The van der Waals surface area contributed by atoms with Gasteiger partial charge in [0.2, 0.25) is 5.91 Å². The molecule has 76 valence electrons. The van der Waals surface area contributed by atoms with Gasteiger partial charge in [0, 0.05) is 13.1 Å². The van der Waals surface area contributed by atoms with Crippen LogP contribution in [0.5, 0.6) is 0 Å². The maximum absolute atomic E-state index is 11.1. The van der Waals surface area contributed by atoms with E-state index in [1.165, 1.54) is 6.42 Å². The van der Waals surface area contributed by atoms with Crippen molar-refractivity contribution in [1.82, 2.24) is 10.2 Å². The molecule has 2 atom stereocenters. The quantitative estimate of drug-likeness (QED) is 0.617. The number of nitrogens with one attached hydrogen (secondary N) is 1. The number of likely N-dealkylation sites (tertiary alicyclic amines) is 1. The molecule has 1 saturated heterocycles. The van der Waals surface area contributed by atoms with Crippen LogP contribution in [0.4, 0.5) is 0 Å². The molecule has 0 bridgehead atoms. The van der Waals surface area contributed by atoms with Gasteiger partial charge in [0.1, 0.15) is 0 Å². The molecule has 1 rings (SSSR count). The van der Waals surface area contributed by atoms with Crippen LogP contribution in [-0.4, -0.2) is 43.5 Å². The predicted molar refractivity (Wildman–Crippen MR) is 52.3 cm³/mol. The second-order valence-corrected chi connectivity index (χ2v) is 3.95. The normalized spacial score (nSPS) is 25.9. The van der Waals surface area contributed by atoms with Gasteiger partial charge in [-0.25, -0.2) is 0 Å². The third-order valence-corrected chi connectivity index (χ3v) is 2.47. The monoisotopic (exact) mass is 185 g/mol. The van der Waals surface area contributed by atoms with Crippen LogP contribution in [-0.2, 0) is 4.79 Å². The van der Waals surface area contributed by atoms with Gasteiger partial charge in [0.15, 0.2) is 0 Å². The van der Waals surface area contributed by atoms with E-state index in [9.17, 15) is 4.79 Å². The molecule has 1 aliphatic rings. The van der Waals surface area contributed by atoms with Crippen LogP contribution >= 0.6 is 0 Å². The van der Waals surface area contributed by atoms with Gasteiger partial charge in [-0.15, -0.1) is 0 Å². The number of nitrogens with two attached hydrogens (primary N) is 1. The summed E-state index contributed by atoms with van der Waals surface area (Å²) in [6, 6.07) is -0.390. The largest absolute Gasteiger partial charge is 0.354 e. The lowest BCUT2D eigenvalue weighted by Crippen LogP contribution is -2.40. The molecule has 0 aromatic carbocycles. The molecular weight excluding hydrogens is 166 g/mol. The smallest absolute Gasteiger partial charge is 0.236 e. The minimum Gasteiger partial charge on any atom is -0.354 e. The molecule has 0 aromatic rings. The fourth-order valence-electron chi connectivity index (χ4n) is 1.60. The van der Waals surface area contributed by atoms with Crippen LogP contribution in [0.1, 0.15) is 13.3 Å². The van der Waals surface area contributed by atoms with E-state index in [-0.39, 0.29) is 11.9 Å². The van der Waals surface area contributed by atoms with Crippen molar-refractivity contribution < 1.29 is 4.79 Å². The van der Waals surface area contributed by atoms with Crippen molar-refractivity contribution in [3.05, 3.63) is 0 Å². The zero-order valence-electron chi connectivity index (χ0n) is 8.42. The zero-order valence-corrected chi connectivity index (χ0v) is 8.42. The molecule has 1 fully saturated rings. The van der Waals surface area contributed by atoms with E-state index in [2.05, 4.69) is 17.3 Å². The fourth-order valence-corrected chi connectivity index (χ4v) is 1.60. The zero-order chi connectivity index (χ0) is 9.84.